The van der Waals surface area contributed by atoms with Crippen molar-refractivity contribution in [3.63, 3.8) is 0 Å². The predicted octanol–water partition coefficient (Wildman–Crippen LogP) is 5.04. The first kappa shape index (κ1) is 17.4. The third-order valence-electron chi connectivity index (χ3n) is 4.78. The fraction of sp³-hybridized carbons (Fsp3) is 0.250. The Hall–Kier alpha value is -2.01. The molecule has 2 heterocycles. The monoisotopic (exact) mass is 386 g/mol. The second kappa shape index (κ2) is 7.31. The van der Waals surface area contributed by atoms with Gasteiger partial charge in [-0.3, -0.25) is 4.98 Å². The van der Waals surface area contributed by atoms with Crippen LogP contribution in [0.5, 0.6) is 0 Å². The van der Waals surface area contributed by atoms with Gasteiger partial charge >= 0.3 is 0 Å². The van der Waals surface area contributed by atoms with E-state index < -0.39 is 0 Å². The minimum Gasteiger partial charge on any atom is -0.368 e. The second-order valence-corrected chi connectivity index (χ2v) is 7.45. The summed E-state index contributed by atoms with van der Waals surface area (Å²) < 4.78 is 0. The lowest BCUT2D eigenvalue weighted by molar-refractivity contribution is 0.313. The molecule has 0 unspecified atom stereocenters. The summed E-state index contributed by atoms with van der Waals surface area (Å²) in [6.45, 7) is 4.11. The Morgan fingerprint density at radius 3 is 2.54 bits per heavy atom. The Balaban J connectivity index is 1.59. The highest BCUT2D eigenvalue weighted by Gasteiger charge is 2.16. The SMILES string of the molecule is CN1CCN(c2ccc(Nc3ccnc4cc(Cl)ccc34)cc2Cl)CC1. The maximum atomic E-state index is 6.58. The van der Waals surface area contributed by atoms with Crippen LogP contribution in [0.2, 0.25) is 10.0 Å². The standard InChI is InChI=1S/C20H20Cl2N4/c1-25-8-10-26(11-9-25)20-5-3-15(13-17(20)22)24-18-6-7-23-19-12-14(21)2-4-16(18)19/h2-7,12-13H,8-11H2,1H3,(H,23,24). The van der Waals surface area contributed by atoms with E-state index >= 15 is 0 Å². The first-order chi connectivity index (χ1) is 12.6. The number of aromatic nitrogens is 1. The van der Waals surface area contributed by atoms with Crippen molar-refractivity contribution in [1.82, 2.24) is 9.88 Å². The molecule has 2 aromatic carbocycles. The van der Waals surface area contributed by atoms with Gasteiger partial charge in [0.1, 0.15) is 0 Å². The van der Waals surface area contributed by atoms with Gasteiger partial charge in [0.2, 0.25) is 0 Å². The molecule has 0 saturated carbocycles. The molecule has 0 aliphatic carbocycles. The molecule has 0 amide bonds. The minimum absolute atomic E-state index is 0.682. The summed E-state index contributed by atoms with van der Waals surface area (Å²) in [4.78, 5) is 9.06. The van der Waals surface area contributed by atoms with Gasteiger partial charge in [0.05, 0.1) is 16.2 Å². The molecule has 0 bridgehead atoms. The molecule has 1 saturated heterocycles. The van der Waals surface area contributed by atoms with Crippen molar-refractivity contribution in [2.24, 2.45) is 0 Å². The Labute approximate surface area is 163 Å². The molecule has 26 heavy (non-hydrogen) atoms. The molecule has 134 valence electrons. The number of likely N-dealkylation sites (N-methyl/N-ethyl adjacent to an activating group) is 1. The molecule has 4 nitrogen and oxygen atoms in total. The highest BCUT2D eigenvalue weighted by Crippen LogP contribution is 2.32. The third-order valence-corrected chi connectivity index (χ3v) is 5.31. The number of hydrogen-bond donors (Lipinski definition) is 1. The Morgan fingerprint density at radius 1 is 0.962 bits per heavy atom. The lowest BCUT2D eigenvalue weighted by atomic mass is 10.1. The van der Waals surface area contributed by atoms with Crippen molar-refractivity contribution >= 4 is 51.2 Å². The van der Waals surface area contributed by atoms with Crippen LogP contribution in [0, 0.1) is 0 Å². The molecule has 0 radical (unpaired) electrons. The minimum atomic E-state index is 0.682. The average Bonchev–Trinajstić information content (AvgIpc) is 2.63. The van der Waals surface area contributed by atoms with Crippen LogP contribution in [0.15, 0.2) is 48.7 Å². The van der Waals surface area contributed by atoms with E-state index in [1.165, 1.54) is 0 Å². The van der Waals surface area contributed by atoms with Gasteiger partial charge in [-0.1, -0.05) is 23.2 Å². The zero-order valence-electron chi connectivity index (χ0n) is 14.5. The lowest BCUT2D eigenvalue weighted by Gasteiger charge is -2.34. The summed E-state index contributed by atoms with van der Waals surface area (Å²) in [6.07, 6.45) is 1.78. The number of hydrogen-bond acceptors (Lipinski definition) is 4. The molecule has 0 atom stereocenters. The maximum Gasteiger partial charge on any atom is 0.0737 e. The van der Waals surface area contributed by atoms with E-state index in [9.17, 15) is 0 Å². The molecule has 1 aliphatic heterocycles. The van der Waals surface area contributed by atoms with Crippen molar-refractivity contribution in [2.45, 2.75) is 0 Å². The van der Waals surface area contributed by atoms with E-state index in [1.807, 2.05) is 30.3 Å². The molecular weight excluding hydrogens is 367 g/mol. The largest absolute Gasteiger partial charge is 0.368 e. The number of nitrogens with one attached hydrogen (secondary N) is 1. The predicted molar refractivity (Wildman–Crippen MR) is 111 cm³/mol. The first-order valence-corrected chi connectivity index (χ1v) is 9.40. The smallest absolute Gasteiger partial charge is 0.0737 e. The number of pyridine rings is 1. The van der Waals surface area contributed by atoms with Crippen molar-refractivity contribution in [3.05, 3.63) is 58.7 Å². The van der Waals surface area contributed by atoms with Gasteiger partial charge in [-0.25, -0.2) is 0 Å². The van der Waals surface area contributed by atoms with Gasteiger partial charge < -0.3 is 15.1 Å². The van der Waals surface area contributed by atoms with Crippen molar-refractivity contribution in [1.29, 1.82) is 0 Å². The maximum absolute atomic E-state index is 6.58. The van der Waals surface area contributed by atoms with Gasteiger partial charge in [0.15, 0.2) is 0 Å². The number of halogens is 2. The summed E-state index contributed by atoms with van der Waals surface area (Å²) in [7, 11) is 2.15. The summed E-state index contributed by atoms with van der Waals surface area (Å²) in [5.41, 5.74) is 3.89. The average molecular weight is 387 g/mol. The molecule has 4 rings (SSSR count). The van der Waals surface area contributed by atoms with Crippen LogP contribution in [0.4, 0.5) is 17.1 Å². The normalized spacial score (nSPS) is 15.4. The summed E-state index contributed by atoms with van der Waals surface area (Å²) in [5.74, 6) is 0. The Bertz CT molecular complexity index is 936. The zero-order valence-corrected chi connectivity index (χ0v) is 16.1. The van der Waals surface area contributed by atoms with E-state index in [1.54, 1.807) is 6.20 Å². The van der Waals surface area contributed by atoms with Crippen LogP contribution >= 0.6 is 23.2 Å². The van der Waals surface area contributed by atoms with Crippen LogP contribution in [0.3, 0.4) is 0 Å². The van der Waals surface area contributed by atoms with Crippen LogP contribution in [0.1, 0.15) is 0 Å². The van der Waals surface area contributed by atoms with Crippen LogP contribution < -0.4 is 10.2 Å². The van der Waals surface area contributed by atoms with Gasteiger partial charge in [-0.15, -0.1) is 0 Å². The molecule has 0 spiro atoms. The van der Waals surface area contributed by atoms with E-state index in [0.717, 1.165) is 59.2 Å². The van der Waals surface area contributed by atoms with Crippen LogP contribution in [0.25, 0.3) is 10.9 Å². The van der Waals surface area contributed by atoms with Gasteiger partial charge in [0.25, 0.3) is 0 Å². The molecule has 1 aromatic heterocycles. The topological polar surface area (TPSA) is 31.4 Å². The number of piperazine rings is 1. The second-order valence-electron chi connectivity index (χ2n) is 6.60. The van der Waals surface area contributed by atoms with Crippen molar-refractivity contribution in [2.75, 3.05) is 43.4 Å². The Kier molecular flexibility index (Phi) is 4.90. The van der Waals surface area contributed by atoms with Crippen LogP contribution in [-0.2, 0) is 0 Å². The van der Waals surface area contributed by atoms with Crippen molar-refractivity contribution < 1.29 is 0 Å². The fourth-order valence-corrected chi connectivity index (χ4v) is 3.74. The highest BCUT2D eigenvalue weighted by atomic mass is 35.5. The molecule has 3 aromatic rings. The number of nitrogens with zero attached hydrogens (tertiary/aromatic N) is 3. The van der Waals surface area contributed by atoms with Crippen molar-refractivity contribution in [3.8, 4) is 0 Å². The highest BCUT2D eigenvalue weighted by molar-refractivity contribution is 6.33. The summed E-state index contributed by atoms with van der Waals surface area (Å²) in [6, 6.07) is 13.8. The summed E-state index contributed by atoms with van der Waals surface area (Å²) >= 11 is 12.6. The lowest BCUT2D eigenvalue weighted by Crippen LogP contribution is -2.44. The Morgan fingerprint density at radius 2 is 1.77 bits per heavy atom. The molecule has 1 N–H and O–H groups in total. The van der Waals surface area contributed by atoms with Crippen LogP contribution in [-0.4, -0.2) is 43.1 Å². The molecule has 1 fully saturated rings. The fourth-order valence-electron chi connectivity index (χ4n) is 3.27. The molecule has 6 heteroatoms. The third kappa shape index (κ3) is 3.58. The quantitative estimate of drug-likeness (QED) is 0.683. The van der Waals surface area contributed by atoms with E-state index in [-0.39, 0.29) is 0 Å². The van der Waals surface area contributed by atoms with Gasteiger partial charge in [0, 0.05) is 54.2 Å². The van der Waals surface area contributed by atoms with E-state index in [0.29, 0.717) is 5.02 Å². The molecular formula is C20H20Cl2N4. The number of fused-ring (bicyclic) bond motifs is 1. The zero-order chi connectivity index (χ0) is 18.1. The first-order valence-electron chi connectivity index (χ1n) is 8.64. The number of anilines is 3. The van der Waals surface area contributed by atoms with Gasteiger partial charge in [-0.2, -0.15) is 0 Å². The van der Waals surface area contributed by atoms with E-state index in [4.69, 9.17) is 23.2 Å². The number of rotatable bonds is 3. The number of benzene rings is 2. The summed E-state index contributed by atoms with van der Waals surface area (Å²) in [5, 5.41) is 5.92. The van der Waals surface area contributed by atoms with Gasteiger partial charge in [-0.05, 0) is 49.5 Å². The van der Waals surface area contributed by atoms with E-state index in [2.05, 4.69) is 39.3 Å². The molecule has 1 aliphatic rings.